The topological polar surface area (TPSA) is 49.4 Å². The molecule has 1 aliphatic heterocycles. The Morgan fingerprint density at radius 1 is 1.14 bits per heavy atom. The lowest BCUT2D eigenvalue weighted by Gasteiger charge is -2.29. The molecule has 0 bridgehead atoms. The van der Waals surface area contributed by atoms with E-state index in [1.54, 1.807) is 23.1 Å². The zero-order valence-corrected chi connectivity index (χ0v) is 18.3. The Balaban J connectivity index is 1.55. The number of thioether (sulfide) groups is 1. The second-order valence-corrected chi connectivity index (χ2v) is 9.32. The smallest absolute Gasteiger partial charge is 0.252 e. The summed E-state index contributed by atoms with van der Waals surface area (Å²) in [7, 11) is 0. The lowest BCUT2D eigenvalue weighted by atomic mass is 10.1. The van der Waals surface area contributed by atoms with Crippen LogP contribution in [-0.2, 0) is 11.2 Å². The number of fused-ring (bicyclic) bond motifs is 1. The molecule has 2 aromatic carbocycles. The van der Waals surface area contributed by atoms with Gasteiger partial charge in [0.25, 0.3) is 5.91 Å². The van der Waals surface area contributed by atoms with Gasteiger partial charge in [0.1, 0.15) is 0 Å². The summed E-state index contributed by atoms with van der Waals surface area (Å²) in [6, 6.07) is 14.7. The Labute approximate surface area is 186 Å². The molecule has 1 aromatic heterocycles. The van der Waals surface area contributed by atoms with Crippen LogP contribution < -0.4 is 10.2 Å². The van der Waals surface area contributed by atoms with E-state index in [1.807, 2.05) is 35.7 Å². The minimum absolute atomic E-state index is 0.0329. The monoisotopic (exact) mass is 462 g/mol. The number of thiophene rings is 1. The molecule has 0 atom stereocenters. The quantitative estimate of drug-likeness (QED) is 0.521. The molecule has 4 rings (SSSR count). The molecule has 0 fully saturated rings. The fraction of sp³-hybridized carbons (Fsp3) is 0.143. The van der Waals surface area contributed by atoms with E-state index in [2.05, 4.69) is 5.32 Å². The van der Waals surface area contributed by atoms with Crippen molar-refractivity contribution in [2.24, 2.45) is 0 Å². The van der Waals surface area contributed by atoms with Gasteiger partial charge in [-0.1, -0.05) is 35.3 Å². The van der Waals surface area contributed by atoms with Gasteiger partial charge in [0.15, 0.2) is 0 Å². The Morgan fingerprint density at radius 2 is 1.97 bits per heavy atom. The van der Waals surface area contributed by atoms with Crippen molar-refractivity contribution >= 4 is 69.5 Å². The molecular weight excluding hydrogens is 447 g/mol. The van der Waals surface area contributed by atoms with Crippen LogP contribution in [0.25, 0.3) is 0 Å². The third-order valence-electron chi connectivity index (χ3n) is 4.53. The standard InChI is InChI=1S/C21H16Cl2N2O2S2/c22-16-6-5-14(25-17-3-1-2-4-18(17)29-12-19(25)26)11-15(16)21(27)24-9-7-13-8-10-28-20(13)23/h1-6,8,10-11H,7,9,12H2,(H,24,27). The van der Waals surface area contributed by atoms with E-state index in [4.69, 9.17) is 23.2 Å². The number of hydrogen-bond acceptors (Lipinski definition) is 4. The number of nitrogens with one attached hydrogen (secondary N) is 1. The largest absolute Gasteiger partial charge is 0.352 e. The predicted molar refractivity (Wildman–Crippen MR) is 121 cm³/mol. The summed E-state index contributed by atoms with van der Waals surface area (Å²) in [4.78, 5) is 28.0. The molecule has 29 heavy (non-hydrogen) atoms. The van der Waals surface area contributed by atoms with E-state index in [0.717, 1.165) is 20.5 Å². The Bertz CT molecular complexity index is 1080. The average molecular weight is 463 g/mol. The minimum atomic E-state index is -0.282. The summed E-state index contributed by atoms with van der Waals surface area (Å²) < 4.78 is 0.736. The minimum Gasteiger partial charge on any atom is -0.352 e. The molecule has 3 aromatic rings. The first-order chi connectivity index (χ1) is 14.0. The van der Waals surface area contributed by atoms with Crippen LogP contribution in [-0.4, -0.2) is 24.1 Å². The van der Waals surface area contributed by atoms with Gasteiger partial charge in [-0.05, 0) is 53.8 Å². The lowest BCUT2D eigenvalue weighted by molar-refractivity contribution is -0.115. The van der Waals surface area contributed by atoms with Gasteiger partial charge in [-0.15, -0.1) is 23.1 Å². The van der Waals surface area contributed by atoms with Crippen molar-refractivity contribution in [1.29, 1.82) is 0 Å². The van der Waals surface area contributed by atoms with Crippen LogP contribution in [0.15, 0.2) is 58.8 Å². The van der Waals surface area contributed by atoms with Crippen LogP contribution in [0.1, 0.15) is 15.9 Å². The number of para-hydroxylation sites is 1. The number of benzene rings is 2. The van der Waals surface area contributed by atoms with Crippen LogP contribution in [0.5, 0.6) is 0 Å². The van der Waals surface area contributed by atoms with Crippen molar-refractivity contribution in [3.05, 3.63) is 74.4 Å². The highest BCUT2D eigenvalue weighted by molar-refractivity contribution is 8.00. The van der Waals surface area contributed by atoms with E-state index < -0.39 is 0 Å². The second-order valence-electron chi connectivity index (χ2n) is 6.38. The van der Waals surface area contributed by atoms with Crippen molar-refractivity contribution in [2.45, 2.75) is 11.3 Å². The fourth-order valence-electron chi connectivity index (χ4n) is 3.12. The van der Waals surface area contributed by atoms with Crippen molar-refractivity contribution in [3.63, 3.8) is 0 Å². The van der Waals surface area contributed by atoms with Gasteiger partial charge in [0.05, 0.1) is 26.4 Å². The highest BCUT2D eigenvalue weighted by atomic mass is 35.5. The molecule has 1 aliphatic rings. The van der Waals surface area contributed by atoms with Gasteiger partial charge in [0, 0.05) is 17.1 Å². The molecule has 0 radical (unpaired) electrons. The van der Waals surface area contributed by atoms with Gasteiger partial charge in [-0.3, -0.25) is 14.5 Å². The summed E-state index contributed by atoms with van der Waals surface area (Å²) in [5.41, 5.74) is 2.78. The fourth-order valence-corrected chi connectivity index (χ4v) is 5.19. The second kappa shape index (κ2) is 8.79. The van der Waals surface area contributed by atoms with Crippen LogP contribution in [0.3, 0.4) is 0 Å². The van der Waals surface area contributed by atoms with E-state index in [1.165, 1.54) is 23.1 Å². The summed E-state index contributed by atoms with van der Waals surface area (Å²) in [6.45, 7) is 0.442. The third-order valence-corrected chi connectivity index (χ3v) is 7.16. The van der Waals surface area contributed by atoms with E-state index >= 15 is 0 Å². The molecule has 1 N–H and O–H groups in total. The molecular formula is C21H16Cl2N2O2S2. The molecule has 4 nitrogen and oxygen atoms in total. The maximum atomic E-state index is 12.7. The number of rotatable bonds is 5. The van der Waals surface area contributed by atoms with Crippen molar-refractivity contribution in [1.82, 2.24) is 5.32 Å². The van der Waals surface area contributed by atoms with E-state index in [9.17, 15) is 9.59 Å². The molecule has 148 valence electrons. The van der Waals surface area contributed by atoms with Crippen LogP contribution in [0.2, 0.25) is 9.36 Å². The summed E-state index contributed by atoms with van der Waals surface area (Å²) in [6.07, 6.45) is 0.639. The maximum Gasteiger partial charge on any atom is 0.252 e. The highest BCUT2D eigenvalue weighted by Crippen LogP contribution is 2.40. The molecule has 0 saturated carbocycles. The SMILES string of the molecule is O=C(NCCc1ccsc1Cl)c1cc(N2C(=O)CSc3ccccc32)ccc1Cl. The Kier molecular flexibility index (Phi) is 6.15. The number of hydrogen-bond donors (Lipinski definition) is 1. The zero-order chi connectivity index (χ0) is 20.4. The lowest BCUT2D eigenvalue weighted by Crippen LogP contribution is -2.31. The van der Waals surface area contributed by atoms with Crippen molar-refractivity contribution in [3.8, 4) is 0 Å². The predicted octanol–water partition coefficient (Wildman–Crippen LogP) is 5.80. The number of amides is 2. The third kappa shape index (κ3) is 4.31. The van der Waals surface area contributed by atoms with Gasteiger partial charge < -0.3 is 5.32 Å². The zero-order valence-electron chi connectivity index (χ0n) is 15.2. The molecule has 0 unspecified atom stereocenters. The highest BCUT2D eigenvalue weighted by Gasteiger charge is 2.26. The molecule has 2 heterocycles. The van der Waals surface area contributed by atoms with Crippen LogP contribution >= 0.6 is 46.3 Å². The summed E-state index contributed by atoms with van der Waals surface area (Å²) in [5, 5.41) is 5.14. The van der Waals surface area contributed by atoms with Gasteiger partial charge in [-0.2, -0.15) is 0 Å². The van der Waals surface area contributed by atoms with Crippen LogP contribution in [0, 0.1) is 0 Å². The first-order valence-electron chi connectivity index (χ1n) is 8.89. The number of anilines is 2. The van der Waals surface area contributed by atoms with Gasteiger partial charge >= 0.3 is 0 Å². The number of halogens is 2. The summed E-state index contributed by atoms with van der Waals surface area (Å²) in [5.74, 6) is 0.0348. The first-order valence-corrected chi connectivity index (χ1v) is 11.5. The molecule has 0 aliphatic carbocycles. The van der Waals surface area contributed by atoms with E-state index in [0.29, 0.717) is 35.0 Å². The number of carbonyl (C=O) groups is 2. The Morgan fingerprint density at radius 3 is 2.76 bits per heavy atom. The number of nitrogens with zero attached hydrogens (tertiary/aromatic N) is 1. The molecule has 0 spiro atoms. The first kappa shape index (κ1) is 20.3. The normalized spacial score (nSPS) is 13.3. The van der Waals surface area contributed by atoms with Gasteiger partial charge in [0.2, 0.25) is 5.91 Å². The van der Waals surface area contributed by atoms with E-state index in [-0.39, 0.29) is 11.8 Å². The number of carbonyl (C=O) groups excluding carboxylic acids is 2. The van der Waals surface area contributed by atoms with Crippen LogP contribution in [0.4, 0.5) is 11.4 Å². The maximum absolute atomic E-state index is 12.7. The molecule has 0 saturated heterocycles. The van der Waals surface area contributed by atoms with Crippen molar-refractivity contribution < 1.29 is 9.59 Å². The average Bonchev–Trinajstić information content (AvgIpc) is 3.13. The summed E-state index contributed by atoms with van der Waals surface area (Å²) >= 11 is 15.4. The molecule has 8 heteroatoms. The Hall–Kier alpha value is -1.99. The van der Waals surface area contributed by atoms with Gasteiger partial charge in [-0.25, -0.2) is 0 Å². The van der Waals surface area contributed by atoms with Crippen molar-refractivity contribution in [2.75, 3.05) is 17.2 Å². The molecule has 2 amide bonds.